The summed E-state index contributed by atoms with van der Waals surface area (Å²) in [5.41, 5.74) is 0.880. The van der Waals surface area contributed by atoms with Crippen LogP contribution in [0.15, 0.2) is 11.6 Å². The molecular weight excluding hydrogens is 340 g/mol. The van der Waals surface area contributed by atoms with E-state index in [0.29, 0.717) is 36.4 Å². The van der Waals surface area contributed by atoms with E-state index in [1.807, 2.05) is 13.0 Å². The summed E-state index contributed by atoms with van der Waals surface area (Å²) in [6.07, 6.45) is 8.01. The van der Waals surface area contributed by atoms with Crippen LogP contribution < -0.4 is 0 Å². The van der Waals surface area contributed by atoms with Gasteiger partial charge in [0.1, 0.15) is 5.78 Å². The first-order valence-electron chi connectivity index (χ1n) is 10.6. The van der Waals surface area contributed by atoms with E-state index in [4.69, 9.17) is 4.74 Å². The lowest BCUT2D eigenvalue weighted by molar-refractivity contribution is -0.155. The van der Waals surface area contributed by atoms with Gasteiger partial charge in [-0.3, -0.25) is 14.4 Å². The van der Waals surface area contributed by atoms with Crippen molar-refractivity contribution in [3.63, 3.8) is 0 Å². The Kier molecular flexibility index (Phi) is 4.40. The van der Waals surface area contributed by atoms with Crippen LogP contribution in [0.5, 0.6) is 0 Å². The minimum Gasteiger partial charge on any atom is -0.469 e. The zero-order valence-corrected chi connectivity index (χ0v) is 17.0. The first-order valence-corrected chi connectivity index (χ1v) is 10.6. The Morgan fingerprint density at radius 3 is 2.59 bits per heavy atom. The van der Waals surface area contributed by atoms with Crippen molar-refractivity contribution in [1.29, 1.82) is 0 Å². The normalized spacial score (nSPS) is 44.7. The van der Waals surface area contributed by atoms with E-state index in [1.165, 1.54) is 12.7 Å². The van der Waals surface area contributed by atoms with Crippen molar-refractivity contribution in [2.45, 2.75) is 65.7 Å². The van der Waals surface area contributed by atoms with Crippen LogP contribution in [0.4, 0.5) is 0 Å². The largest absolute Gasteiger partial charge is 0.469 e. The maximum absolute atomic E-state index is 13.5. The van der Waals surface area contributed by atoms with Crippen LogP contribution >= 0.6 is 0 Å². The monoisotopic (exact) mass is 372 g/mol. The molecule has 0 aromatic rings. The molecule has 148 valence electrons. The number of esters is 1. The van der Waals surface area contributed by atoms with Gasteiger partial charge in [-0.25, -0.2) is 0 Å². The topological polar surface area (TPSA) is 60.4 Å². The van der Waals surface area contributed by atoms with Gasteiger partial charge in [0.25, 0.3) is 0 Å². The molecule has 0 spiro atoms. The maximum Gasteiger partial charge on any atom is 0.308 e. The quantitative estimate of drug-likeness (QED) is 0.684. The molecule has 0 unspecified atom stereocenters. The van der Waals surface area contributed by atoms with Crippen molar-refractivity contribution < 1.29 is 19.1 Å². The van der Waals surface area contributed by atoms with Crippen LogP contribution in [-0.4, -0.2) is 24.6 Å². The summed E-state index contributed by atoms with van der Waals surface area (Å²) in [7, 11) is 1.44. The van der Waals surface area contributed by atoms with Crippen molar-refractivity contribution in [3.8, 4) is 0 Å². The van der Waals surface area contributed by atoms with Crippen LogP contribution in [0.1, 0.15) is 65.7 Å². The van der Waals surface area contributed by atoms with E-state index < -0.39 is 5.41 Å². The minimum absolute atomic E-state index is 0.000130. The van der Waals surface area contributed by atoms with Crippen molar-refractivity contribution in [2.75, 3.05) is 7.11 Å². The average Bonchev–Trinajstić information content (AvgIpc) is 3.01. The van der Waals surface area contributed by atoms with Crippen molar-refractivity contribution in [2.24, 2.45) is 40.4 Å². The molecule has 27 heavy (non-hydrogen) atoms. The second-order valence-electron chi connectivity index (χ2n) is 9.87. The van der Waals surface area contributed by atoms with Crippen LogP contribution in [0.3, 0.4) is 0 Å². The summed E-state index contributed by atoms with van der Waals surface area (Å²) >= 11 is 0. The molecule has 0 heterocycles. The molecule has 0 radical (unpaired) electrons. The summed E-state index contributed by atoms with van der Waals surface area (Å²) < 4.78 is 5.00. The Balaban J connectivity index is 1.68. The molecule has 4 aliphatic carbocycles. The highest BCUT2D eigenvalue weighted by molar-refractivity contribution is 5.92. The van der Waals surface area contributed by atoms with Crippen LogP contribution in [0.2, 0.25) is 0 Å². The minimum atomic E-state index is -0.406. The number of allylic oxidation sites excluding steroid dienone is 1. The predicted octanol–water partition coefficient (Wildman–Crippen LogP) is 4.12. The molecule has 4 heteroatoms. The van der Waals surface area contributed by atoms with Gasteiger partial charge in [0.15, 0.2) is 5.78 Å². The predicted molar refractivity (Wildman–Crippen MR) is 102 cm³/mol. The molecule has 3 fully saturated rings. The lowest BCUT2D eigenvalue weighted by Gasteiger charge is -2.57. The van der Waals surface area contributed by atoms with Crippen LogP contribution in [-0.2, 0) is 19.1 Å². The number of methoxy groups -OCH3 is 1. The Hall–Kier alpha value is -1.45. The molecule has 3 saturated carbocycles. The van der Waals surface area contributed by atoms with Gasteiger partial charge in [-0.05, 0) is 67.3 Å². The fourth-order valence-corrected chi connectivity index (χ4v) is 7.46. The number of Topliss-reactive ketones (excluding diaryl/α,β-unsaturated/α-hetero) is 1. The van der Waals surface area contributed by atoms with E-state index in [0.717, 1.165) is 32.1 Å². The molecule has 4 nitrogen and oxygen atoms in total. The van der Waals surface area contributed by atoms with Crippen molar-refractivity contribution in [3.05, 3.63) is 11.6 Å². The summed E-state index contributed by atoms with van der Waals surface area (Å²) in [6.45, 7) is 6.35. The molecular formula is C23H32O4. The molecule has 0 amide bonds. The summed E-state index contributed by atoms with van der Waals surface area (Å²) in [5, 5.41) is 0. The fourth-order valence-electron chi connectivity index (χ4n) is 7.46. The lowest BCUT2D eigenvalue weighted by atomic mass is 9.46. The number of fused-ring (bicyclic) bond motifs is 5. The number of hydrogen-bond acceptors (Lipinski definition) is 4. The van der Waals surface area contributed by atoms with Gasteiger partial charge < -0.3 is 4.74 Å². The van der Waals surface area contributed by atoms with Gasteiger partial charge in [0.2, 0.25) is 0 Å². The van der Waals surface area contributed by atoms with E-state index in [9.17, 15) is 14.4 Å². The average molecular weight is 373 g/mol. The highest BCUT2D eigenvalue weighted by Crippen LogP contribution is 2.66. The smallest absolute Gasteiger partial charge is 0.308 e. The maximum atomic E-state index is 13.5. The van der Waals surface area contributed by atoms with Crippen molar-refractivity contribution >= 4 is 17.5 Å². The summed E-state index contributed by atoms with van der Waals surface area (Å²) in [4.78, 5) is 37.7. The number of ether oxygens (including phenoxy) is 1. The third-order valence-electron chi connectivity index (χ3n) is 9.07. The van der Waals surface area contributed by atoms with Gasteiger partial charge in [0.05, 0.1) is 13.0 Å². The number of hydrogen-bond donors (Lipinski definition) is 0. The summed E-state index contributed by atoms with van der Waals surface area (Å²) in [5.74, 6) is 1.49. The Morgan fingerprint density at radius 1 is 1.15 bits per heavy atom. The number of carbonyl (C=O) groups excluding carboxylic acids is 3. The van der Waals surface area contributed by atoms with Crippen LogP contribution in [0, 0.1) is 40.4 Å². The van der Waals surface area contributed by atoms with E-state index in [2.05, 4.69) is 13.8 Å². The SMILES string of the molecule is COC(=O)[C@@H](C)[C@H]1CC[C@H]2[C@@H]3CCC4=CC(=O)CC[C@]4(C)[C@H]3CC(=O)[C@]12C. The molecule has 4 aliphatic rings. The highest BCUT2D eigenvalue weighted by atomic mass is 16.5. The number of rotatable bonds is 2. The molecule has 0 aliphatic heterocycles. The van der Waals surface area contributed by atoms with Gasteiger partial charge in [0, 0.05) is 18.3 Å². The first-order chi connectivity index (χ1) is 12.7. The van der Waals surface area contributed by atoms with Gasteiger partial charge in [-0.15, -0.1) is 0 Å². The fraction of sp³-hybridized carbons (Fsp3) is 0.783. The first kappa shape index (κ1) is 18.9. The van der Waals surface area contributed by atoms with E-state index in [1.54, 1.807) is 0 Å². The van der Waals surface area contributed by atoms with Crippen molar-refractivity contribution in [1.82, 2.24) is 0 Å². The number of carbonyl (C=O) groups is 3. The molecule has 0 aromatic heterocycles. The molecule has 4 rings (SSSR count). The third-order valence-corrected chi connectivity index (χ3v) is 9.07. The number of ketones is 2. The zero-order chi connectivity index (χ0) is 19.6. The van der Waals surface area contributed by atoms with Gasteiger partial charge >= 0.3 is 5.97 Å². The zero-order valence-electron chi connectivity index (χ0n) is 17.0. The second-order valence-corrected chi connectivity index (χ2v) is 9.87. The molecule has 0 aromatic carbocycles. The Bertz CT molecular complexity index is 722. The lowest BCUT2D eigenvalue weighted by Crippen LogP contribution is -2.55. The van der Waals surface area contributed by atoms with Gasteiger partial charge in [-0.1, -0.05) is 26.3 Å². The Morgan fingerprint density at radius 2 is 1.89 bits per heavy atom. The highest BCUT2D eigenvalue weighted by Gasteiger charge is 2.63. The molecule has 0 N–H and O–H groups in total. The van der Waals surface area contributed by atoms with Crippen LogP contribution in [0.25, 0.3) is 0 Å². The third kappa shape index (κ3) is 2.51. The molecule has 0 saturated heterocycles. The summed E-state index contributed by atoms with van der Waals surface area (Å²) in [6, 6.07) is 0. The second kappa shape index (κ2) is 6.28. The Labute approximate surface area is 162 Å². The molecule has 7 atom stereocenters. The van der Waals surface area contributed by atoms with E-state index >= 15 is 0 Å². The van der Waals surface area contributed by atoms with E-state index in [-0.39, 0.29) is 29.0 Å². The standard InChI is InChI=1S/C23H32O4/c1-13(21(26)27-4)17-7-8-18-16-6-5-14-11-15(24)9-10-22(14,2)19(16)12-20(25)23(17,18)3/h11,13,16-19H,5-10,12H2,1-4H3/t13-,16-,17+,18-,19-,22-,23+/m0/s1. The van der Waals surface area contributed by atoms with Gasteiger partial charge in [-0.2, -0.15) is 0 Å². The molecule has 0 bridgehead atoms.